The van der Waals surface area contributed by atoms with Crippen LogP contribution < -0.4 is 5.32 Å². The van der Waals surface area contributed by atoms with Crippen LogP contribution in [-0.4, -0.2) is 10.9 Å². The van der Waals surface area contributed by atoms with Gasteiger partial charge in [-0.1, -0.05) is 67.7 Å². The van der Waals surface area contributed by atoms with Crippen LogP contribution in [0.1, 0.15) is 34.8 Å². The average Bonchev–Trinajstić information content (AvgIpc) is 2.68. The van der Waals surface area contributed by atoms with Crippen molar-refractivity contribution in [2.24, 2.45) is 5.92 Å². The fourth-order valence-electron chi connectivity index (χ4n) is 3.84. The Balaban J connectivity index is 1.83. The highest BCUT2D eigenvalue weighted by atomic mass is 32.1. The Morgan fingerprint density at radius 2 is 1.70 bits per heavy atom. The molecule has 3 nitrogen and oxygen atoms in total. The minimum Gasteiger partial charge on any atom is -0.345 e. The summed E-state index contributed by atoms with van der Waals surface area (Å²) in [7, 11) is 0. The van der Waals surface area contributed by atoms with Crippen molar-refractivity contribution in [3.63, 3.8) is 0 Å². The summed E-state index contributed by atoms with van der Waals surface area (Å²) in [6.45, 7) is 2.24. The van der Waals surface area contributed by atoms with E-state index in [0.29, 0.717) is 16.1 Å². The third kappa shape index (κ3) is 3.58. The van der Waals surface area contributed by atoms with Crippen molar-refractivity contribution < 1.29 is 4.79 Å². The molecule has 0 saturated carbocycles. The van der Waals surface area contributed by atoms with E-state index >= 15 is 0 Å². The lowest BCUT2D eigenvalue weighted by atomic mass is 9.81. The molecule has 0 unspecified atom stereocenters. The van der Waals surface area contributed by atoms with Gasteiger partial charge in [-0.3, -0.25) is 4.79 Å². The van der Waals surface area contributed by atoms with E-state index < -0.39 is 0 Å². The van der Waals surface area contributed by atoms with Crippen LogP contribution in [0.4, 0.5) is 5.69 Å². The molecule has 0 fully saturated rings. The fraction of sp³-hybridized carbons (Fsp3) is 0.217. The van der Waals surface area contributed by atoms with Gasteiger partial charge in [0.15, 0.2) is 0 Å². The number of rotatable bonds is 3. The molecule has 0 radical (unpaired) electrons. The van der Waals surface area contributed by atoms with Crippen molar-refractivity contribution >= 4 is 23.8 Å². The maximum Gasteiger partial charge on any atom is 0.258 e. The Bertz CT molecular complexity index is 1030. The van der Waals surface area contributed by atoms with Crippen molar-refractivity contribution in [1.29, 1.82) is 0 Å². The van der Waals surface area contributed by atoms with E-state index in [1.165, 1.54) is 5.56 Å². The van der Waals surface area contributed by atoms with Crippen LogP contribution in [0.5, 0.6) is 0 Å². The summed E-state index contributed by atoms with van der Waals surface area (Å²) in [5.41, 5.74) is 5.90. The summed E-state index contributed by atoms with van der Waals surface area (Å²) in [6.07, 6.45) is 2.96. The fourth-order valence-corrected chi connectivity index (χ4v) is 4.16. The predicted molar refractivity (Wildman–Crippen MR) is 113 cm³/mol. The number of fused-ring (bicyclic) bond motifs is 1. The molecule has 0 bridgehead atoms. The number of hydrogen-bond donors (Lipinski definition) is 2. The van der Waals surface area contributed by atoms with Crippen LogP contribution in [-0.2, 0) is 12.8 Å². The molecule has 2 aromatic carbocycles. The monoisotopic (exact) mass is 374 g/mol. The van der Waals surface area contributed by atoms with Crippen LogP contribution in [0.3, 0.4) is 0 Å². The predicted octanol–water partition coefficient (Wildman–Crippen LogP) is 5.79. The van der Waals surface area contributed by atoms with Gasteiger partial charge >= 0.3 is 0 Å². The summed E-state index contributed by atoms with van der Waals surface area (Å²) >= 11 is 5.64. The first kappa shape index (κ1) is 17.7. The third-order valence-electron chi connectivity index (χ3n) is 5.19. The number of carbonyl (C=O) groups is 1. The molecule has 1 aliphatic rings. The molecule has 1 amide bonds. The zero-order valence-corrected chi connectivity index (χ0v) is 16.1. The first-order valence-electron chi connectivity index (χ1n) is 9.33. The number of aromatic nitrogens is 1. The minimum absolute atomic E-state index is 0.132. The maximum absolute atomic E-state index is 13.1. The lowest BCUT2D eigenvalue weighted by Crippen LogP contribution is -2.22. The highest BCUT2D eigenvalue weighted by molar-refractivity contribution is 7.71. The van der Waals surface area contributed by atoms with Crippen molar-refractivity contribution in [2.75, 3.05) is 5.32 Å². The second-order valence-electron chi connectivity index (χ2n) is 7.20. The number of hydrogen-bond acceptors (Lipinski definition) is 2. The van der Waals surface area contributed by atoms with E-state index in [4.69, 9.17) is 12.2 Å². The summed E-state index contributed by atoms with van der Waals surface area (Å²) in [4.78, 5) is 16.4. The maximum atomic E-state index is 13.1. The summed E-state index contributed by atoms with van der Waals surface area (Å²) < 4.78 is 0.509. The Morgan fingerprint density at radius 3 is 2.41 bits per heavy atom. The number of nitrogens with one attached hydrogen (secondary N) is 2. The Morgan fingerprint density at radius 1 is 1.04 bits per heavy atom. The van der Waals surface area contributed by atoms with Gasteiger partial charge in [0.05, 0.1) is 5.56 Å². The molecule has 1 atom stereocenters. The molecular weight excluding hydrogens is 352 g/mol. The van der Waals surface area contributed by atoms with Crippen LogP contribution in [0.2, 0.25) is 0 Å². The quantitative estimate of drug-likeness (QED) is 0.570. The second-order valence-corrected chi connectivity index (χ2v) is 7.60. The molecule has 1 aliphatic carbocycles. The zero-order chi connectivity index (χ0) is 18.8. The van der Waals surface area contributed by atoms with Crippen molar-refractivity contribution in [3.8, 4) is 11.3 Å². The van der Waals surface area contributed by atoms with Gasteiger partial charge in [0, 0.05) is 11.4 Å². The lowest BCUT2D eigenvalue weighted by molar-refractivity contribution is 0.102. The summed E-state index contributed by atoms with van der Waals surface area (Å²) in [6, 6.07) is 19.8. The number of anilines is 1. The van der Waals surface area contributed by atoms with Crippen LogP contribution >= 0.6 is 12.2 Å². The van der Waals surface area contributed by atoms with E-state index in [-0.39, 0.29) is 5.91 Å². The number of benzene rings is 2. The Labute approximate surface area is 164 Å². The number of amides is 1. The molecule has 0 saturated heterocycles. The van der Waals surface area contributed by atoms with Gasteiger partial charge in [-0.25, -0.2) is 0 Å². The molecule has 3 aromatic rings. The van der Waals surface area contributed by atoms with Crippen LogP contribution in [0.15, 0.2) is 60.7 Å². The summed E-state index contributed by atoms with van der Waals surface area (Å²) in [5.74, 6) is 0.411. The Kier molecular flexibility index (Phi) is 4.90. The van der Waals surface area contributed by atoms with Gasteiger partial charge in [-0.2, -0.15) is 0 Å². The molecule has 0 aliphatic heterocycles. The van der Waals surface area contributed by atoms with E-state index in [9.17, 15) is 4.79 Å². The number of H-pyrrole nitrogens is 1. The van der Waals surface area contributed by atoms with E-state index in [1.807, 2.05) is 48.5 Å². The smallest absolute Gasteiger partial charge is 0.258 e. The van der Waals surface area contributed by atoms with Crippen molar-refractivity contribution in [2.45, 2.75) is 26.2 Å². The first-order valence-corrected chi connectivity index (χ1v) is 9.74. The molecule has 1 aromatic heterocycles. The lowest BCUT2D eigenvalue weighted by Gasteiger charge is -2.26. The van der Waals surface area contributed by atoms with Crippen molar-refractivity contribution in [3.05, 3.63) is 82.0 Å². The van der Waals surface area contributed by atoms with E-state index in [1.54, 1.807) is 0 Å². The standard InChI is InChI=1S/C23H22N2OS/c1-15-12-13-18-19(14-15)20(22(26)24-17-10-6-3-7-11-17)23(27)25-21(18)16-8-4-2-5-9-16/h2-11,15H,12-14H2,1H3,(H,24,26)(H,25,27)/t15-/m0/s1. The molecule has 2 N–H and O–H groups in total. The number of pyridine rings is 1. The van der Waals surface area contributed by atoms with Gasteiger partial charge in [-0.05, 0) is 54.0 Å². The van der Waals surface area contributed by atoms with Gasteiger partial charge in [-0.15, -0.1) is 0 Å². The molecule has 27 heavy (non-hydrogen) atoms. The molecule has 1 heterocycles. The van der Waals surface area contributed by atoms with Gasteiger partial charge in [0.1, 0.15) is 4.64 Å². The number of aromatic amines is 1. The van der Waals surface area contributed by atoms with Gasteiger partial charge < -0.3 is 10.3 Å². The Hall–Kier alpha value is -2.72. The van der Waals surface area contributed by atoms with E-state index in [0.717, 1.165) is 41.8 Å². The number of para-hydroxylation sites is 1. The largest absolute Gasteiger partial charge is 0.345 e. The second kappa shape index (κ2) is 7.49. The number of carbonyl (C=O) groups excluding carboxylic acids is 1. The normalized spacial score (nSPS) is 15.8. The van der Waals surface area contributed by atoms with Gasteiger partial charge in [0.25, 0.3) is 5.91 Å². The van der Waals surface area contributed by atoms with Gasteiger partial charge in [0.2, 0.25) is 0 Å². The molecular formula is C23H22N2OS. The molecule has 0 spiro atoms. The van der Waals surface area contributed by atoms with Crippen LogP contribution in [0.25, 0.3) is 11.3 Å². The molecule has 4 rings (SSSR count). The van der Waals surface area contributed by atoms with Crippen LogP contribution in [0, 0.1) is 10.6 Å². The first-order chi connectivity index (χ1) is 13.1. The molecule has 136 valence electrons. The zero-order valence-electron chi connectivity index (χ0n) is 15.3. The highest BCUT2D eigenvalue weighted by Crippen LogP contribution is 2.35. The topological polar surface area (TPSA) is 44.9 Å². The highest BCUT2D eigenvalue weighted by Gasteiger charge is 2.26. The average molecular weight is 375 g/mol. The SMILES string of the molecule is C[C@H]1CCc2c(-c3ccccc3)[nH]c(=S)c(C(=O)Nc3ccccc3)c2C1. The van der Waals surface area contributed by atoms with E-state index in [2.05, 4.69) is 29.4 Å². The third-order valence-corrected chi connectivity index (χ3v) is 5.50. The molecule has 4 heteroatoms. The van der Waals surface area contributed by atoms with Crippen molar-refractivity contribution in [1.82, 2.24) is 4.98 Å². The minimum atomic E-state index is -0.132. The summed E-state index contributed by atoms with van der Waals surface area (Å²) in [5, 5.41) is 3.00.